The van der Waals surface area contributed by atoms with Crippen LogP contribution in [0.15, 0.2) is 48.5 Å². The van der Waals surface area contributed by atoms with E-state index in [1.54, 1.807) is 0 Å². The Balaban J connectivity index is 0.000000213. The Bertz CT molecular complexity index is 322. The second-order valence-corrected chi connectivity index (χ2v) is 2.59. The van der Waals surface area contributed by atoms with Crippen LogP contribution in [0.5, 0.6) is 0 Å². The molecule has 0 N–H and O–H groups in total. The van der Waals surface area contributed by atoms with Gasteiger partial charge in [-0.3, -0.25) is 12.9 Å². The Kier molecular flexibility index (Phi) is 4.04. The fraction of sp³-hybridized carbons (Fsp3) is 0. The first-order chi connectivity index (χ1) is 6.70. The van der Waals surface area contributed by atoms with Crippen molar-refractivity contribution in [3.8, 4) is 0 Å². The summed E-state index contributed by atoms with van der Waals surface area (Å²) in [5, 5.41) is 2.62. The summed E-state index contributed by atoms with van der Waals surface area (Å²) >= 11 is 0. The Morgan fingerprint density at radius 1 is 0.643 bits per heavy atom. The molecule has 2 aromatic carbocycles. The predicted octanol–water partition coefficient (Wildman–Crippen LogP) is 3.72. The van der Waals surface area contributed by atoms with Gasteiger partial charge < -0.3 is 0 Å². The third kappa shape index (κ3) is 3.52. The fourth-order valence-corrected chi connectivity index (χ4v) is 1.13. The lowest BCUT2D eigenvalue weighted by molar-refractivity contribution is 0.535. The monoisotopic (exact) mass is 196 g/mol. The SMILES string of the molecule is FB(F)F.c1ccc2ccccc2c1. The second kappa shape index (κ2) is 5.32. The van der Waals surface area contributed by atoms with Crippen molar-refractivity contribution in [2.45, 2.75) is 0 Å². The molecule has 0 aromatic heterocycles. The van der Waals surface area contributed by atoms with Gasteiger partial charge in [-0.05, 0) is 10.8 Å². The highest BCUT2D eigenvalue weighted by atomic mass is 19.4. The van der Waals surface area contributed by atoms with E-state index < -0.39 is 7.54 Å². The van der Waals surface area contributed by atoms with Gasteiger partial charge in [-0.2, -0.15) is 0 Å². The Morgan fingerprint density at radius 2 is 0.857 bits per heavy atom. The van der Waals surface area contributed by atoms with Crippen molar-refractivity contribution < 1.29 is 12.9 Å². The molecule has 0 saturated carbocycles. The molecule has 72 valence electrons. The second-order valence-electron chi connectivity index (χ2n) is 2.59. The minimum atomic E-state index is -3.67. The summed E-state index contributed by atoms with van der Waals surface area (Å²) in [5.41, 5.74) is 0. The van der Waals surface area contributed by atoms with Crippen molar-refractivity contribution >= 4 is 18.3 Å². The van der Waals surface area contributed by atoms with Crippen molar-refractivity contribution in [1.82, 2.24) is 0 Å². The van der Waals surface area contributed by atoms with E-state index in [4.69, 9.17) is 0 Å². The molecule has 0 unspecified atom stereocenters. The van der Waals surface area contributed by atoms with Crippen molar-refractivity contribution in [2.24, 2.45) is 0 Å². The Labute approximate surface area is 80.6 Å². The third-order valence-corrected chi connectivity index (χ3v) is 1.66. The lowest BCUT2D eigenvalue weighted by atomic mass is 10.1. The van der Waals surface area contributed by atoms with Gasteiger partial charge in [0, 0.05) is 0 Å². The predicted molar refractivity (Wildman–Crippen MR) is 53.0 cm³/mol. The van der Waals surface area contributed by atoms with Gasteiger partial charge >= 0.3 is 7.54 Å². The molecule has 4 heteroatoms. The smallest absolute Gasteiger partial charge is 0.254 e. The van der Waals surface area contributed by atoms with Crippen LogP contribution < -0.4 is 0 Å². The molecule has 0 atom stereocenters. The maximum Gasteiger partial charge on any atom is 0.762 e. The summed E-state index contributed by atoms with van der Waals surface area (Å²) in [6, 6.07) is 16.7. The molecule has 0 heterocycles. The zero-order valence-corrected chi connectivity index (χ0v) is 7.33. The molecule has 0 bridgehead atoms. The molecule has 0 amide bonds. The molecule has 0 aliphatic heterocycles. The van der Waals surface area contributed by atoms with Crippen LogP contribution in [0.4, 0.5) is 12.9 Å². The van der Waals surface area contributed by atoms with Crippen molar-refractivity contribution in [2.75, 3.05) is 0 Å². The van der Waals surface area contributed by atoms with Crippen molar-refractivity contribution in [3.05, 3.63) is 48.5 Å². The quantitative estimate of drug-likeness (QED) is 0.563. The van der Waals surface area contributed by atoms with Gasteiger partial charge in [-0.15, -0.1) is 0 Å². The maximum atomic E-state index is 9.67. The highest BCUT2D eigenvalue weighted by molar-refractivity contribution is 6.33. The first kappa shape index (κ1) is 10.6. The van der Waals surface area contributed by atoms with E-state index in [1.807, 2.05) is 0 Å². The number of hydrogen-bond donors (Lipinski definition) is 0. The summed E-state index contributed by atoms with van der Waals surface area (Å²) < 4.78 is 29.0. The van der Waals surface area contributed by atoms with Crippen LogP contribution in [0.25, 0.3) is 10.8 Å². The number of halogens is 3. The number of benzene rings is 2. The van der Waals surface area contributed by atoms with Crippen LogP contribution in [-0.4, -0.2) is 7.54 Å². The molecule has 2 rings (SSSR count). The van der Waals surface area contributed by atoms with E-state index in [0.29, 0.717) is 0 Å². The van der Waals surface area contributed by atoms with Crippen LogP contribution in [-0.2, 0) is 0 Å². The lowest BCUT2D eigenvalue weighted by Crippen LogP contribution is -1.76. The van der Waals surface area contributed by atoms with E-state index >= 15 is 0 Å². The topological polar surface area (TPSA) is 0 Å². The van der Waals surface area contributed by atoms with E-state index in [2.05, 4.69) is 48.5 Å². The van der Waals surface area contributed by atoms with Crippen LogP contribution >= 0.6 is 0 Å². The van der Waals surface area contributed by atoms with Gasteiger partial charge in [-0.1, -0.05) is 48.5 Å². The van der Waals surface area contributed by atoms with Crippen LogP contribution in [0.3, 0.4) is 0 Å². The number of hydrogen-bond acceptors (Lipinski definition) is 0. The van der Waals surface area contributed by atoms with Crippen LogP contribution in [0.1, 0.15) is 0 Å². The van der Waals surface area contributed by atoms with Gasteiger partial charge in [0.05, 0.1) is 0 Å². The maximum absolute atomic E-state index is 9.67. The molecule has 14 heavy (non-hydrogen) atoms. The molecule has 0 aliphatic carbocycles. The first-order valence-corrected chi connectivity index (χ1v) is 4.06. The molecule has 0 saturated heterocycles. The molecule has 0 spiro atoms. The zero-order chi connectivity index (χ0) is 10.4. The standard InChI is InChI=1S/C10H8.BF3/c1-2-6-10-8-4-3-7-9(10)5-1;2-1(3)4/h1-8H;. The molecule has 2 aromatic rings. The van der Waals surface area contributed by atoms with Crippen LogP contribution in [0.2, 0.25) is 0 Å². The number of rotatable bonds is 0. The molecule has 0 radical (unpaired) electrons. The summed E-state index contributed by atoms with van der Waals surface area (Å²) in [7, 11) is -3.67. The largest absolute Gasteiger partial charge is 0.762 e. The van der Waals surface area contributed by atoms with Crippen LogP contribution in [0, 0.1) is 0 Å². The Hall–Kier alpha value is -1.45. The minimum absolute atomic E-state index is 1.31. The average molecular weight is 196 g/mol. The highest BCUT2D eigenvalue weighted by Gasteiger charge is 2.06. The molecule has 0 nitrogen and oxygen atoms in total. The Morgan fingerprint density at radius 3 is 1.07 bits per heavy atom. The normalized spacial score (nSPS) is 9.07. The molecular formula is C10H8BF3. The zero-order valence-electron chi connectivity index (χ0n) is 7.33. The van der Waals surface area contributed by atoms with Gasteiger partial charge in [0.1, 0.15) is 0 Å². The lowest BCUT2D eigenvalue weighted by Gasteiger charge is -1.92. The fourth-order valence-electron chi connectivity index (χ4n) is 1.13. The van der Waals surface area contributed by atoms with Gasteiger partial charge in [0.15, 0.2) is 0 Å². The highest BCUT2D eigenvalue weighted by Crippen LogP contribution is 2.11. The summed E-state index contributed by atoms with van der Waals surface area (Å²) in [6.07, 6.45) is 0. The molecular weight excluding hydrogens is 188 g/mol. The third-order valence-electron chi connectivity index (χ3n) is 1.66. The van der Waals surface area contributed by atoms with Gasteiger partial charge in [0.25, 0.3) is 0 Å². The summed E-state index contributed by atoms with van der Waals surface area (Å²) in [4.78, 5) is 0. The molecule has 0 fully saturated rings. The van der Waals surface area contributed by atoms with E-state index in [9.17, 15) is 12.9 Å². The molecule has 0 aliphatic rings. The minimum Gasteiger partial charge on any atom is -0.254 e. The van der Waals surface area contributed by atoms with Gasteiger partial charge in [-0.25, -0.2) is 0 Å². The first-order valence-electron chi connectivity index (χ1n) is 4.06. The summed E-state index contributed by atoms with van der Waals surface area (Å²) in [6.45, 7) is 0. The van der Waals surface area contributed by atoms with Crippen molar-refractivity contribution in [1.29, 1.82) is 0 Å². The summed E-state index contributed by atoms with van der Waals surface area (Å²) in [5.74, 6) is 0. The van der Waals surface area contributed by atoms with Gasteiger partial charge in [0.2, 0.25) is 0 Å². The van der Waals surface area contributed by atoms with E-state index in [1.165, 1.54) is 10.8 Å². The number of fused-ring (bicyclic) bond motifs is 1. The van der Waals surface area contributed by atoms with E-state index in [0.717, 1.165) is 0 Å². The van der Waals surface area contributed by atoms with E-state index in [-0.39, 0.29) is 0 Å². The average Bonchev–Trinajstić information content (AvgIpc) is 2.17. The van der Waals surface area contributed by atoms with Crippen molar-refractivity contribution in [3.63, 3.8) is 0 Å².